The number of nitrogens with zero attached hydrogens (tertiary/aromatic N) is 4. The summed E-state index contributed by atoms with van der Waals surface area (Å²) in [6, 6.07) is 12.9. The van der Waals surface area contributed by atoms with Crippen LogP contribution in [-0.2, 0) is 0 Å². The first kappa shape index (κ1) is 18.4. The number of methoxy groups -OCH3 is 2. The second kappa shape index (κ2) is 7.90. The van der Waals surface area contributed by atoms with Crippen LogP contribution in [0.15, 0.2) is 55.1 Å². The van der Waals surface area contributed by atoms with E-state index in [2.05, 4.69) is 10.1 Å². The highest BCUT2D eigenvalue weighted by Crippen LogP contribution is 2.26. The Morgan fingerprint density at radius 3 is 2.22 bits per heavy atom. The molecule has 7 nitrogen and oxygen atoms in total. The van der Waals surface area contributed by atoms with E-state index >= 15 is 0 Å². The fourth-order valence-corrected chi connectivity index (χ4v) is 2.78. The monoisotopic (exact) mass is 366 g/mol. The first-order valence-electron chi connectivity index (χ1n) is 8.48. The summed E-state index contributed by atoms with van der Waals surface area (Å²) < 4.78 is 12.2. The molecule has 0 spiro atoms. The summed E-state index contributed by atoms with van der Waals surface area (Å²) in [4.78, 5) is 18.6. The third kappa shape index (κ3) is 3.92. The molecule has 1 amide bonds. The molecule has 140 valence electrons. The number of amides is 1. The lowest BCUT2D eigenvalue weighted by molar-refractivity contribution is 0.0742. The molecule has 0 fully saturated rings. The number of aromatic nitrogens is 3. The molecule has 0 bridgehead atoms. The van der Waals surface area contributed by atoms with Gasteiger partial charge in [0, 0.05) is 18.7 Å². The maximum absolute atomic E-state index is 12.9. The van der Waals surface area contributed by atoms with Crippen LogP contribution in [0.3, 0.4) is 0 Å². The van der Waals surface area contributed by atoms with Crippen molar-refractivity contribution in [3.8, 4) is 17.2 Å². The van der Waals surface area contributed by atoms with E-state index in [1.807, 2.05) is 31.2 Å². The van der Waals surface area contributed by atoms with Gasteiger partial charge in [-0.15, -0.1) is 0 Å². The van der Waals surface area contributed by atoms with E-state index < -0.39 is 0 Å². The Kier molecular flexibility index (Phi) is 5.40. The number of carbonyl (C=O) groups is 1. The lowest BCUT2D eigenvalue weighted by Crippen LogP contribution is -2.29. The topological polar surface area (TPSA) is 69.5 Å². The third-order valence-corrected chi connectivity index (χ3v) is 4.56. The van der Waals surface area contributed by atoms with Gasteiger partial charge in [-0.1, -0.05) is 12.1 Å². The first-order valence-corrected chi connectivity index (χ1v) is 8.48. The largest absolute Gasteiger partial charge is 0.497 e. The summed E-state index contributed by atoms with van der Waals surface area (Å²) in [5, 5.41) is 4.11. The second-order valence-corrected chi connectivity index (χ2v) is 6.12. The summed E-state index contributed by atoms with van der Waals surface area (Å²) in [7, 11) is 4.91. The molecule has 1 aromatic heterocycles. The lowest BCUT2D eigenvalue weighted by Gasteiger charge is -2.26. The molecule has 3 rings (SSSR count). The van der Waals surface area contributed by atoms with E-state index in [0.717, 1.165) is 11.3 Å². The van der Waals surface area contributed by atoms with Crippen molar-refractivity contribution in [3.05, 3.63) is 66.2 Å². The Labute approximate surface area is 158 Å². The van der Waals surface area contributed by atoms with Crippen LogP contribution in [0.1, 0.15) is 28.9 Å². The molecule has 0 aliphatic rings. The van der Waals surface area contributed by atoms with Crippen LogP contribution in [-0.4, -0.2) is 46.8 Å². The highest BCUT2D eigenvalue weighted by molar-refractivity contribution is 5.95. The highest BCUT2D eigenvalue weighted by atomic mass is 16.5. The maximum atomic E-state index is 12.9. The summed E-state index contributed by atoms with van der Waals surface area (Å²) in [5.74, 6) is 1.05. The standard InChI is InChI=1S/C20H22N4O3/c1-14(15-5-7-17(8-6-15)24-13-21-12-22-24)23(2)20(25)16-9-18(26-3)11-19(10-16)27-4/h5-14H,1-4H3. The third-order valence-electron chi connectivity index (χ3n) is 4.56. The van der Waals surface area contributed by atoms with Crippen LogP contribution in [0, 0.1) is 0 Å². The minimum atomic E-state index is -0.112. The van der Waals surface area contributed by atoms with Crippen molar-refractivity contribution in [3.63, 3.8) is 0 Å². The van der Waals surface area contributed by atoms with Crippen LogP contribution in [0.4, 0.5) is 0 Å². The van der Waals surface area contributed by atoms with Crippen LogP contribution in [0.2, 0.25) is 0 Å². The van der Waals surface area contributed by atoms with Crippen LogP contribution >= 0.6 is 0 Å². The van der Waals surface area contributed by atoms with Gasteiger partial charge in [-0.3, -0.25) is 4.79 Å². The smallest absolute Gasteiger partial charge is 0.254 e. The van der Waals surface area contributed by atoms with E-state index in [1.54, 1.807) is 55.4 Å². The van der Waals surface area contributed by atoms with Gasteiger partial charge >= 0.3 is 0 Å². The molecule has 0 aliphatic heterocycles. The molecule has 0 N–H and O–H groups in total. The summed E-state index contributed by atoms with van der Waals surface area (Å²) in [6.45, 7) is 1.99. The van der Waals surface area contributed by atoms with Gasteiger partial charge < -0.3 is 14.4 Å². The van der Waals surface area contributed by atoms with Crippen molar-refractivity contribution in [1.29, 1.82) is 0 Å². The van der Waals surface area contributed by atoms with Crippen molar-refractivity contribution in [2.45, 2.75) is 13.0 Å². The van der Waals surface area contributed by atoms with Gasteiger partial charge in [-0.05, 0) is 36.8 Å². The lowest BCUT2D eigenvalue weighted by atomic mass is 10.1. The van der Waals surface area contributed by atoms with Gasteiger partial charge in [-0.25, -0.2) is 9.67 Å². The molecule has 0 saturated heterocycles. The van der Waals surface area contributed by atoms with Crippen molar-refractivity contribution in [1.82, 2.24) is 19.7 Å². The predicted molar refractivity (Wildman–Crippen MR) is 101 cm³/mol. The zero-order valence-electron chi connectivity index (χ0n) is 15.8. The molecule has 1 heterocycles. The van der Waals surface area contributed by atoms with Crippen LogP contribution in [0.25, 0.3) is 5.69 Å². The number of hydrogen-bond donors (Lipinski definition) is 0. The Balaban J connectivity index is 1.80. The number of rotatable bonds is 6. The second-order valence-electron chi connectivity index (χ2n) is 6.12. The van der Waals surface area contributed by atoms with Gasteiger partial charge in [0.05, 0.1) is 25.9 Å². The van der Waals surface area contributed by atoms with Crippen molar-refractivity contribution in [2.24, 2.45) is 0 Å². The normalized spacial score (nSPS) is 11.7. The zero-order chi connectivity index (χ0) is 19.4. The average molecular weight is 366 g/mol. The number of benzene rings is 2. The fraction of sp³-hybridized carbons (Fsp3) is 0.250. The molecule has 0 aliphatic carbocycles. The molecular weight excluding hydrogens is 344 g/mol. The molecule has 0 radical (unpaired) electrons. The Morgan fingerprint density at radius 1 is 1.07 bits per heavy atom. The van der Waals surface area contributed by atoms with Crippen molar-refractivity contribution in [2.75, 3.05) is 21.3 Å². The minimum absolute atomic E-state index is 0.111. The van der Waals surface area contributed by atoms with Gasteiger partial charge in [0.1, 0.15) is 24.2 Å². The van der Waals surface area contributed by atoms with E-state index in [0.29, 0.717) is 17.1 Å². The van der Waals surface area contributed by atoms with Crippen molar-refractivity contribution < 1.29 is 14.3 Å². The molecule has 3 aromatic rings. The molecule has 2 aromatic carbocycles. The summed E-state index contributed by atoms with van der Waals surface area (Å²) in [5.41, 5.74) is 2.44. The van der Waals surface area contributed by atoms with Gasteiger partial charge in [0.15, 0.2) is 0 Å². The fourth-order valence-electron chi connectivity index (χ4n) is 2.78. The van der Waals surface area contributed by atoms with Gasteiger partial charge in [-0.2, -0.15) is 5.10 Å². The summed E-state index contributed by atoms with van der Waals surface area (Å²) in [6.07, 6.45) is 3.13. The van der Waals surface area contributed by atoms with Gasteiger partial charge in [0.2, 0.25) is 0 Å². The molecule has 1 unspecified atom stereocenters. The predicted octanol–water partition coefficient (Wildman–Crippen LogP) is 3.12. The Bertz CT molecular complexity index is 885. The maximum Gasteiger partial charge on any atom is 0.254 e. The minimum Gasteiger partial charge on any atom is -0.497 e. The van der Waals surface area contributed by atoms with E-state index in [-0.39, 0.29) is 11.9 Å². The van der Waals surface area contributed by atoms with E-state index in [4.69, 9.17) is 9.47 Å². The van der Waals surface area contributed by atoms with Crippen molar-refractivity contribution >= 4 is 5.91 Å². The molecule has 0 saturated carbocycles. The molecule has 7 heteroatoms. The number of hydrogen-bond acceptors (Lipinski definition) is 5. The Morgan fingerprint density at radius 2 is 1.70 bits per heavy atom. The van der Waals surface area contributed by atoms with Crippen LogP contribution < -0.4 is 9.47 Å². The Hall–Kier alpha value is -3.35. The number of ether oxygens (including phenoxy) is 2. The molecular formula is C20H22N4O3. The van der Waals surface area contributed by atoms with E-state index in [9.17, 15) is 4.79 Å². The average Bonchev–Trinajstić information content (AvgIpc) is 3.26. The zero-order valence-corrected chi connectivity index (χ0v) is 15.8. The molecule has 27 heavy (non-hydrogen) atoms. The van der Waals surface area contributed by atoms with E-state index in [1.165, 1.54) is 6.33 Å². The number of carbonyl (C=O) groups excluding carboxylic acids is 1. The molecule has 1 atom stereocenters. The SMILES string of the molecule is COc1cc(OC)cc(C(=O)N(C)C(C)c2ccc(-n3cncn3)cc2)c1. The summed E-state index contributed by atoms with van der Waals surface area (Å²) >= 11 is 0. The first-order chi connectivity index (χ1) is 13.0. The quantitative estimate of drug-likeness (QED) is 0.670. The highest BCUT2D eigenvalue weighted by Gasteiger charge is 2.20. The van der Waals surface area contributed by atoms with Gasteiger partial charge in [0.25, 0.3) is 5.91 Å². The van der Waals surface area contributed by atoms with Crippen LogP contribution in [0.5, 0.6) is 11.5 Å².